The summed E-state index contributed by atoms with van der Waals surface area (Å²) < 4.78 is 2.07. The monoisotopic (exact) mass is 341 g/mol. The van der Waals surface area contributed by atoms with Crippen molar-refractivity contribution >= 4 is 28.3 Å². The van der Waals surface area contributed by atoms with Gasteiger partial charge in [0.25, 0.3) is 0 Å². The first-order valence-corrected chi connectivity index (χ1v) is 9.27. The third-order valence-electron chi connectivity index (χ3n) is 4.21. The average molecular weight is 341 g/mol. The van der Waals surface area contributed by atoms with E-state index in [1.54, 1.807) is 11.3 Å². The summed E-state index contributed by atoms with van der Waals surface area (Å²) in [4.78, 5) is 20.4. The fraction of sp³-hybridized carbons (Fsp3) is 0.368. The molecule has 0 aliphatic heterocycles. The number of para-hydroxylation sites is 2. The quantitative estimate of drug-likeness (QED) is 0.653. The number of rotatable bonds is 7. The van der Waals surface area contributed by atoms with Crippen molar-refractivity contribution in [1.29, 1.82) is 0 Å². The number of imidazole rings is 1. The first-order valence-electron chi connectivity index (χ1n) is 8.39. The first kappa shape index (κ1) is 16.7. The average Bonchev–Trinajstić information content (AvgIpc) is 3.21. The zero-order chi connectivity index (χ0) is 16.9. The highest BCUT2D eigenvalue weighted by molar-refractivity contribution is 7.09. The van der Waals surface area contributed by atoms with E-state index in [1.807, 2.05) is 36.2 Å². The van der Waals surface area contributed by atoms with Crippen molar-refractivity contribution in [3.05, 3.63) is 52.5 Å². The molecule has 3 rings (SSSR count). The maximum atomic E-state index is 12.6. The summed E-state index contributed by atoms with van der Waals surface area (Å²) >= 11 is 1.72. The molecule has 24 heavy (non-hydrogen) atoms. The molecule has 4 nitrogen and oxygen atoms in total. The van der Waals surface area contributed by atoms with Crippen LogP contribution in [0, 0.1) is 0 Å². The molecule has 0 unspecified atom stereocenters. The van der Waals surface area contributed by atoms with Crippen LogP contribution in [-0.4, -0.2) is 34.0 Å². The second kappa shape index (κ2) is 7.62. The Morgan fingerprint density at radius 3 is 2.83 bits per heavy atom. The van der Waals surface area contributed by atoms with Crippen LogP contribution in [0.2, 0.25) is 0 Å². The molecule has 2 aromatic heterocycles. The highest BCUT2D eigenvalue weighted by Crippen LogP contribution is 2.20. The number of likely N-dealkylation sites (N-methyl/N-ethyl adjacent to an activating group) is 1. The van der Waals surface area contributed by atoms with Crippen LogP contribution in [0.25, 0.3) is 11.0 Å². The van der Waals surface area contributed by atoms with Crippen molar-refractivity contribution < 1.29 is 4.79 Å². The molecule has 0 spiro atoms. The van der Waals surface area contributed by atoms with Gasteiger partial charge >= 0.3 is 0 Å². The van der Waals surface area contributed by atoms with Crippen LogP contribution < -0.4 is 0 Å². The van der Waals surface area contributed by atoms with Crippen molar-refractivity contribution in [3.63, 3.8) is 0 Å². The summed E-state index contributed by atoms with van der Waals surface area (Å²) in [6.45, 7) is 3.30. The van der Waals surface area contributed by atoms with E-state index in [1.165, 1.54) is 4.88 Å². The van der Waals surface area contributed by atoms with Crippen LogP contribution in [-0.2, 0) is 17.8 Å². The fourth-order valence-electron chi connectivity index (χ4n) is 2.78. The van der Waals surface area contributed by atoms with Crippen LogP contribution in [0.4, 0.5) is 0 Å². The van der Waals surface area contributed by atoms with Gasteiger partial charge in [0, 0.05) is 24.9 Å². The van der Waals surface area contributed by atoms with Crippen molar-refractivity contribution in [3.8, 4) is 0 Å². The molecule has 5 heteroatoms. The number of amides is 1. The molecule has 0 bridgehead atoms. The lowest BCUT2D eigenvalue weighted by molar-refractivity contribution is -0.130. The Labute approximate surface area is 146 Å². The number of nitrogens with zero attached hydrogens (tertiary/aromatic N) is 3. The summed E-state index contributed by atoms with van der Waals surface area (Å²) in [5.74, 6) is 1.09. The predicted octanol–water partition coefficient (Wildman–Crippen LogP) is 3.95. The van der Waals surface area contributed by atoms with Gasteiger partial charge < -0.3 is 9.47 Å². The van der Waals surface area contributed by atoms with Crippen molar-refractivity contribution in [2.24, 2.45) is 0 Å². The molecule has 0 radical (unpaired) electrons. The largest absolute Gasteiger partial charge is 0.344 e. The molecule has 126 valence electrons. The number of carbonyl (C=O) groups excluding carboxylic acids is 1. The Hall–Kier alpha value is -2.14. The predicted molar refractivity (Wildman–Crippen MR) is 99.4 cm³/mol. The Morgan fingerprint density at radius 2 is 2.08 bits per heavy atom. The third kappa shape index (κ3) is 3.67. The Balaban J connectivity index is 1.88. The Kier molecular flexibility index (Phi) is 5.30. The van der Waals surface area contributed by atoms with E-state index in [2.05, 4.69) is 29.0 Å². The molecule has 0 atom stereocenters. The van der Waals surface area contributed by atoms with Gasteiger partial charge in [-0.1, -0.05) is 31.5 Å². The highest BCUT2D eigenvalue weighted by Gasteiger charge is 2.16. The van der Waals surface area contributed by atoms with Gasteiger partial charge in [-0.05, 0) is 30.0 Å². The van der Waals surface area contributed by atoms with Gasteiger partial charge in [-0.25, -0.2) is 4.98 Å². The molecule has 2 heterocycles. The van der Waals surface area contributed by atoms with Crippen molar-refractivity contribution in [2.75, 3.05) is 13.6 Å². The van der Waals surface area contributed by atoms with E-state index >= 15 is 0 Å². The van der Waals surface area contributed by atoms with Gasteiger partial charge in [0.1, 0.15) is 12.4 Å². The van der Waals surface area contributed by atoms with Crippen molar-refractivity contribution in [1.82, 2.24) is 14.5 Å². The number of benzene rings is 1. The van der Waals surface area contributed by atoms with E-state index in [9.17, 15) is 4.79 Å². The van der Waals surface area contributed by atoms with E-state index in [0.29, 0.717) is 6.54 Å². The molecule has 1 amide bonds. The van der Waals surface area contributed by atoms with Gasteiger partial charge in [-0.3, -0.25) is 4.79 Å². The summed E-state index contributed by atoms with van der Waals surface area (Å²) in [5, 5.41) is 2.08. The van der Waals surface area contributed by atoms with Crippen LogP contribution in [0.3, 0.4) is 0 Å². The van der Waals surface area contributed by atoms with Crippen molar-refractivity contribution in [2.45, 2.75) is 32.7 Å². The smallest absolute Gasteiger partial charge is 0.242 e. The van der Waals surface area contributed by atoms with Gasteiger partial charge in [0.2, 0.25) is 5.91 Å². The first-order chi connectivity index (χ1) is 11.7. The van der Waals surface area contributed by atoms with Crippen LogP contribution in [0.1, 0.15) is 30.5 Å². The molecule has 0 saturated carbocycles. The minimum Gasteiger partial charge on any atom is -0.344 e. The fourth-order valence-corrected chi connectivity index (χ4v) is 3.48. The zero-order valence-corrected chi connectivity index (χ0v) is 15.1. The molecule has 1 aromatic carbocycles. The maximum absolute atomic E-state index is 12.6. The molecule has 3 aromatic rings. The number of carbonyl (C=O) groups is 1. The maximum Gasteiger partial charge on any atom is 0.242 e. The SMILES string of the molecule is CCCCN(C)C(=O)Cn1c(Cc2cccs2)nc2ccccc21. The molecule has 0 N–H and O–H groups in total. The third-order valence-corrected chi connectivity index (χ3v) is 5.09. The Bertz CT molecular complexity index is 807. The number of hydrogen-bond donors (Lipinski definition) is 0. The lowest BCUT2D eigenvalue weighted by atomic mass is 10.3. The highest BCUT2D eigenvalue weighted by atomic mass is 32.1. The van der Waals surface area contributed by atoms with Gasteiger partial charge in [0.15, 0.2) is 0 Å². The normalized spacial score (nSPS) is 11.1. The van der Waals surface area contributed by atoms with E-state index in [4.69, 9.17) is 4.98 Å². The van der Waals surface area contributed by atoms with Crippen LogP contribution >= 0.6 is 11.3 Å². The van der Waals surface area contributed by atoms with Gasteiger partial charge in [-0.15, -0.1) is 11.3 Å². The summed E-state index contributed by atoms with van der Waals surface area (Å²) in [6.07, 6.45) is 2.89. The van der Waals surface area contributed by atoms with E-state index in [0.717, 1.165) is 42.7 Å². The Morgan fingerprint density at radius 1 is 1.25 bits per heavy atom. The number of fused-ring (bicyclic) bond motifs is 1. The minimum atomic E-state index is 0.138. The van der Waals surface area contributed by atoms with E-state index in [-0.39, 0.29) is 5.91 Å². The number of unbranched alkanes of at least 4 members (excludes halogenated alkanes) is 1. The number of thiophene rings is 1. The molecule has 0 fully saturated rings. The van der Waals surface area contributed by atoms with E-state index < -0.39 is 0 Å². The zero-order valence-electron chi connectivity index (χ0n) is 14.2. The number of aromatic nitrogens is 2. The minimum absolute atomic E-state index is 0.138. The molecular weight excluding hydrogens is 318 g/mol. The lowest BCUT2D eigenvalue weighted by Crippen LogP contribution is -2.31. The summed E-state index contributed by atoms with van der Waals surface area (Å²) in [5.41, 5.74) is 1.98. The molecule has 0 aliphatic rings. The standard InChI is InChI=1S/C19H23N3OS/c1-3-4-11-21(2)19(23)14-22-17-10-6-5-9-16(17)20-18(22)13-15-8-7-12-24-15/h5-10,12H,3-4,11,13-14H2,1-2H3. The van der Waals surface area contributed by atoms with Crippen LogP contribution in [0.15, 0.2) is 41.8 Å². The van der Waals surface area contributed by atoms with Gasteiger partial charge in [0.05, 0.1) is 11.0 Å². The van der Waals surface area contributed by atoms with Gasteiger partial charge in [-0.2, -0.15) is 0 Å². The second-order valence-corrected chi connectivity index (χ2v) is 7.06. The molecule has 0 saturated heterocycles. The summed E-state index contributed by atoms with van der Waals surface area (Å²) in [7, 11) is 1.88. The van der Waals surface area contributed by atoms with Crippen LogP contribution in [0.5, 0.6) is 0 Å². The molecule has 0 aliphatic carbocycles. The topological polar surface area (TPSA) is 38.1 Å². The summed E-state index contributed by atoms with van der Waals surface area (Å²) in [6, 6.07) is 12.2. The second-order valence-electron chi connectivity index (χ2n) is 6.03. The number of hydrogen-bond acceptors (Lipinski definition) is 3. The molecular formula is C19H23N3OS. The lowest BCUT2D eigenvalue weighted by Gasteiger charge is -2.18.